The van der Waals surface area contributed by atoms with Crippen molar-refractivity contribution in [3.63, 3.8) is 0 Å². The molecule has 5 nitrogen and oxygen atoms in total. The third-order valence-corrected chi connectivity index (χ3v) is 3.50. The maximum absolute atomic E-state index is 13.5. The van der Waals surface area contributed by atoms with Gasteiger partial charge < -0.3 is 9.47 Å². The molecule has 0 aliphatic rings. The lowest BCUT2D eigenvalue weighted by Gasteiger charge is -2.12. The average Bonchev–Trinajstić information content (AvgIpc) is 2.27. The molecule has 1 atom stereocenters. The van der Waals surface area contributed by atoms with E-state index >= 15 is 0 Å². The molecule has 19 heavy (non-hydrogen) atoms. The summed E-state index contributed by atoms with van der Waals surface area (Å²) in [5.41, 5.74) is -0.496. The van der Waals surface area contributed by atoms with E-state index in [9.17, 15) is 17.6 Å². The van der Waals surface area contributed by atoms with Crippen LogP contribution in [0.15, 0.2) is 23.1 Å². The van der Waals surface area contributed by atoms with Gasteiger partial charge in [0.1, 0.15) is 11.9 Å². The summed E-state index contributed by atoms with van der Waals surface area (Å²) in [4.78, 5) is 11.3. The molecule has 0 aliphatic carbocycles. The van der Waals surface area contributed by atoms with Crippen LogP contribution in [0, 0.1) is 5.82 Å². The summed E-state index contributed by atoms with van der Waals surface area (Å²) >= 11 is 0. The number of esters is 1. The van der Waals surface area contributed by atoms with E-state index in [-0.39, 0.29) is 11.5 Å². The number of ether oxygens (including phenoxy) is 2. The van der Waals surface area contributed by atoms with Crippen molar-refractivity contribution >= 4 is 25.7 Å². The van der Waals surface area contributed by atoms with E-state index in [0.717, 1.165) is 18.2 Å². The Kier molecular flexibility index (Phi) is 5.28. The topological polar surface area (TPSA) is 69.7 Å². The van der Waals surface area contributed by atoms with Gasteiger partial charge in [0.25, 0.3) is 9.05 Å². The van der Waals surface area contributed by atoms with Crippen molar-refractivity contribution in [3.05, 3.63) is 29.6 Å². The predicted octanol–water partition coefficient (Wildman–Crippen LogP) is 1.94. The highest BCUT2D eigenvalue weighted by Gasteiger charge is 2.20. The van der Waals surface area contributed by atoms with Crippen molar-refractivity contribution in [3.8, 4) is 0 Å². The molecule has 0 aromatic heterocycles. The summed E-state index contributed by atoms with van der Waals surface area (Å²) < 4.78 is 45.3. The van der Waals surface area contributed by atoms with Crippen molar-refractivity contribution in [2.45, 2.75) is 17.9 Å². The first kappa shape index (κ1) is 15.9. The van der Waals surface area contributed by atoms with Crippen molar-refractivity contribution in [1.29, 1.82) is 0 Å². The van der Waals surface area contributed by atoms with Gasteiger partial charge in [-0.3, -0.25) is 0 Å². The van der Waals surface area contributed by atoms with Gasteiger partial charge in [0.15, 0.2) is 0 Å². The second kappa shape index (κ2) is 6.31. The Bertz CT molecular complexity index is 572. The Hall–Kier alpha value is -1.18. The molecule has 0 saturated carbocycles. The molecular weight excluding hydrogens is 299 g/mol. The third-order valence-electron chi connectivity index (χ3n) is 2.15. The molecule has 1 rings (SSSR count). The molecule has 0 fully saturated rings. The van der Waals surface area contributed by atoms with E-state index in [0.29, 0.717) is 0 Å². The molecule has 1 aromatic carbocycles. The molecular formula is C11H12ClFO5S. The Labute approximate surface area is 114 Å². The van der Waals surface area contributed by atoms with E-state index in [4.69, 9.17) is 20.2 Å². The number of halogens is 2. The van der Waals surface area contributed by atoms with Gasteiger partial charge in [0.2, 0.25) is 0 Å². The van der Waals surface area contributed by atoms with Crippen molar-refractivity contribution in [1.82, 2.24) is 0 Å². The zero-order valence-corrected chi connectivity index (χ0v) is 11.8. The summed E-state index contributed by atoms with van der Waals surface area (Å²) in [5, 5.41) is 0. The zero-order chi connectivity index (χ0) is 14.6. The molecule has 1 unspecified atom stereocenters. The van der Waals surface area contributed by atoms with E-state index in [1.54, 1.807) is 6.92 Å². The normalized spacial score (nSPS) is 13.1. The van der Waals surface area contributed by atoms with Gasteiger partial charge in [-0.2, -0.15) is 0 Å². The molecule has 0 amide bonds. The second-order valence-corrected chi connectivity index (χ2v) is 6.32. The van der Waals surface area contributed by atoms with Crippen LogP contribution >= 0.6 is 10.7 Å². The standard InChI is InChI=1S/C11H12ClFO5S/c1-7(6-17-2)18-11(14)9-5-8(19(12,15)16)3-4-10(9)13/h3-5,7H,6H2,1-2H3. The minimum absolute atomic E-state index is 0.140. The van der Waals surface area contributed by atoms with Crippen LogP contribution in [-0.2, 0) is 18.5 Å². The van der Waals surface area contributed by atoms with Gasteiger partial charge in [-0.15, -0.1) is 0 Å². The minimum atomic E-state index is -4.04. The van der Waals surface area contributed by atoms with E-state index in [1.165, 1.54) is 7.11 Å². The number of methoxy groups -OCH3 is 1. The molecule has 0 spiro atoms. The van der Waals surface area contributed by atoms with Crippen LogP contribution < -0.4 is 0 Å². The van der Waals surface area contributed by atoms with Gasteiger partial charge in [0, 0.05) is 17.8 Å². The Balaban J connectivity index is 3.03. The molecule has 106 valence electrons. The fraction of sp³-hybridized carbons (Fsp3) is 0.364. The summed E-state index contributed by atoms with van der Waals surface area (Å²) in [6, 6.07) is 2.64. The molecule has 1 aromatic rings. The number of rotatable bonds is 5. The number of hydrogen-bond acceptors (Lipinski definition) is 5. The first-order chi connectivity index (χ1) is 8.75. The van der Waals surface area contributed by atoms with Gasteiger partial charge in [-0.05, 0) is 25.1 Å². The quantitative estimate of drug-likeness (QED) is 0.614. The Morgan fingerprint density at radius 3 is 2.63 bits per heavy atom. The fourth-order valence-electron chi connectivity index (χ4n) is 1.33. The van der Waals surface area contributed by atoms with E-state index in [2.05, 4.69) is 0 Å². The van der Waals surface area contributed by atoms with Crippen LogP contribution in [-0.4, -0.2) is 34.2 Å². The predicted molar refractivity (Wildman–Crippen MR) is 66.2 cm³/mol. The lowest BCUT2D eigenvalue weighted by Crippen LogP contribution is -2.20. The van der Waals surface area contributed by atoms with E-state index < -0.39 is 32.5 Å². The number of carbonyl (C=O) groups excluding carboxylic acids is 1. The Morgan fingerprint density at radius 1 is 1.47 bits per heavy atom. The minimum Gasteiger partial charge on any atom is -0.457 e. The van der Waals surface area contributed by atoms with Crippen LogP contribution in [0.4, 0.5) is 4.39 Å². The summed E-state index contributed by atoms with van der Waals surface area (Å²) in [6.07, 6.45) is -0.590. The largest absolute Gasteiger partial charge is 0.457 e. The van der Waals surface area contributed by atoms with Gasteiger partial charge in [-0.1, -0.05) is 0 Å². The van der Waals surface area contributed by atoms with Gasteiger partial charge in [-0.25, -0.2) is 17.6 Å². The molecule has 0 bridgehead atoms. The molecule has 8 heteroatoms. The lowest BCUT2D eigenvalue weighted by atomic mass is 10.2. The average molecular weight is 311 g/mol. The summed E-state index contributed by atoms with van der Waals surface area (Å²) in [5.74, 6) is -1.87. The Morgan fingerprint density at radius 2 is 2.11 bits per heavy atom. The summed E-state index contributed by atoms with van der Waals surface area (Å²) in [7, 11) is 2.50. The molecule has 0 N–H and O–H groups in total. The van der Waals surface area contributed by atoms with Crippen LogP contribution in [0.5, 0.6) is 0 Å². The van der Waals surface area contributed by atoms with Crippen LogP contribution in [0.2, 0.25) is 0 Å². The zero-order valence-electron chi connectivity index (χ0n) is 10.2. The molecule has 0 heterocycles. The van der Waals surface area contributed by atoms with Crippen molar-refractivity contribution < 1.29 is 27.1 Å². The van der Waals surface area contributed by atoms with Crippen LogP contribution in [0.25, 0.3) is 0 Å². The maximum atomic E-state index is 13.5. The van der Waals surface area contributed by atoms with Gasteiger partial charge >= 0.3 is 5.97 Å². The van der Waals surface area contributed by atoms with Crippen LogP contribution in [0.3, 0.4) is 0 Å². The maximum Gasteiger partial charge on any atom is 0.341 e. The summed E-state index contributed by atoms with van der Waals surface area (Å²) in [6.45, 7) is 1.70. The van der Waals surface area contributed by atoms with Gasteiger partial charge in [0.05, 0.1) is 17.1 Å². The highest BCUT2D eigenvalue weighted by atomic mass is 35.7. The number of benzene rings is 1. The third kappa shape index (κ3) is 4.45. The highest BCUT2D eigenvalue weighted by molar-refractivity contribution is 8.13. The number of hydrogen-bond donors (Lipinski definition) is 0. The molecule has 0 saturated heterocycles. The molecule has 0 aliphatic heterocycles. The van der Waals surface area contributed by atoms with Crippen LogP contribution in [0.1, 0.15) is 17.3 Å². The number of carbonyl (C=O) groups is 1. The first-order valence-corrected chi connectivity index (χ1v) is 7.50. The van der Waals surface area contributed by atoms with Crippen molar-refractivity contribution in [2.75, 3.05) is 13.7 Å². The highest BCUT2D eigenvalue weighted by Crippen LogP contribution is 2.19. The molecule has 0 radical (unpaired) electrons. The smallest absolute Gasteiger partial charge is 0.341 e. The second-order valence-electron chi connectivity index (χ2n) is 3.75. The monoisotopic (exact) mass is 310 g/mol. The van der Waals surface area contributed by atoms with E-state index in [1.807, 2.05) is 0 Å². The lowest BCUT2D eigenvalue weighted by molar-refractivity contribution is 0.0115. The van der Waals surface area contributed by atoms with Crippen molar-refractivity contribution in [2.24, 2.45) is 0 Å². The first-order valence-electron chi connectivity index (χ1n) is 5.20. The fourth-order valence-corrected chi connectivity index (χ4v) is 2.10. The SMILES string of the molecule is COCC(C)OC(=O)c1cc(S(=O)(=O)Cl)ccc1F.